The van der Waals surface area contributed by atoms with E-state index in [2.05, 4.69) is 39.2 Å². The van der Waals surface area contributed by atoms with Crippen LogP contribution in [0.15, 0.2) is 73.2 Å². The molecule has 2 aliphatic rings. The minimum Gasteiger partial charge on any atom is -0.378 e. The van der Waals surface area contributed by atoms with Gasteiger partial charge in [-0.15, -0.1) is 0 Å². The highest BCUT2D eigenvalue weighted by atomic mass is 16.5. The van der Waals surface area contributed by atoms with E-state index in [0.29, 0.717) is 36.8 Å². The third-order valence-corrected chi connectivity index (χ3v) is 8.25. The van der Waals surface area contributed by atoms with Crippen LogP contribution in [0.1, 0.15) is 49.7 Å². The number of carbonyl (C=O) groups is 2. The number of hydrogen-bond acceptors (Lipinski definition) is 6. The molecule has 4 heterocycles. The molecule has 6 rings (SSSR count). The van der Waals surface area contributed by atoms with Crippen LogP contribution >= 0.6 is 0 Å². The third-order valence-electron chi connectivity index (χ3n) is 8.25. The van der Waals surface area contributed by atoms with Crippen molar-refractivity contribution >= 4 is 17.5 Å². The predicted molar refractivity (Wildman–Crippen MR) is 158 cm³/mol. The summed E-state index contributed by atoms with van der Waals surface area (Å²) in [6.07, 6.45) is 6.70. The SMILES string of the molecule is Cc1ccc(C(=O)N2CCC(c3ccc(-c4cnn(C)c4)cc3)C2)cc1CC(=O)c1ccc(N2CCOCC2)nc1. The Morgan fingerprint density at radius 1 is 0.927 bits per heavy atom. The monoisotopic (exact) mass is 549 g/mol. The second-order valence-corrected chi connectivity index (χ2v) is 11.0. The number of hydrogen-bond donors (Lipinski definition) is 0. The van der Waals surface area contributed by atoms with Gasteiger partial charge < -0.3 is 14.5 Å². The van der Waals surface area contributed by atoms with Gasteiger partial charge >= 0.3 is 0 Å². The van der Waals surface area contributed by atoms with Crippen LogP contribution in [0.5, 0.6) is 0 Å². The molecule has 0 spiro atoms. The first-order chi connectivity index (χ1) is 19.9. The summed E-state index contributed by atoms with van der Waals surface area (Å²) in [5.74, 6) is 1.18. The number of morpholine rings is 1. The van der Waals surface area contributed by atoms with E-state index in [-0.39, 0.29) is 18.1 Å². The Morgan fingerprint density at radius 2 is 1.71 bits per heavy atom. The molecule has 0 aliphatic carbocycles. The van der Waals surface area contributed by atoms with Gasteiger partial charge in [0, 0.05) is 74.6 Å². The van der Waals surface area contributed by atoms with E-state index in [0.717, 1.165) is 54.1 Å². The normalized spacial score (nSPS) is 17.2. The van der Waals surface area contributed by atoms with E-state index in [9.17, 15) is 9.59 Å². The first-order valence-electron chi connectivity index (χ1n) is 14.2. The molecule has 1 atom stereocenters. The molecular weight excluding hydrogens is 514 g/mol. The molecule has 8 nitrogen and oxygen atoms in total. The van der Waals surface area contributed by atoms with Gasteiger partial charge in [0.05, 0.1) is 19.4 Å². The Bertz CT molecular complexity index is 1540. The molecule has 1 unspecified atom stereocenters. The highest BCUT2D eigenvalue weighted by Gasteiger charge is 2.28. The lowest BCUT2D eigenvalue weighted by atomic mass is 9.96. The number of nitrogens with zero attached hydrogens (tertiary/aromatic N) is 5. The molecule has 41 heavy (non-hydrogen) atoms. The molecule has 2 fully saturated rings. The Morgan fingerprint density at radius 3 is 2.41 bits per heavy atom. The lowest BCUT2D eigenvalue weighted by molar-refractivity contribution is 0.0790. The zero-order chi connectivity index (χ0) is 28.3. The van der Waals surface area contributed by atoms with Crippen molar-refractivity contribution in [3.63, 3.8) is 0 Å². The van der Waals surface area contributed by atoms with Crippen LogP contribution < -0.4 is 4.90 Å². The van der Waals surface area contributed by atoms with Crippen LogP contribution in [0.25, 0.3) is 11.1 Å². The first kappa shape index (κ1) is 26.9. The Labute approximate surface area is 240 Å². The van der Waals surface area contributed by atoms with Crippen molar-refractivity contribution < 1.29 is 14.3 Å². The van der Waals surface area contributed by atoms with Crippen LogP contribution in [0.4, 0.5) is 5.82 Å². The summed E-state index contributed by atoms with van der Waals surface area (Å²) in [6, 6.07) is 18.1. The number of likely N-dealkylation sites (tertiary alicyclic amines) is 1. The molecular formula is C33H35N5O3. The van der Waals surface area contributed by atoms with Crippen molar-refractivity contribution in [2.24, 2.45) is 7.05 Å². The summed E-state index contributed by atoms with van der Waals surface area (Å²) in [4.78, 5) is 35.2. The number of pyridine rings is 1. The average molecular weight is 550 g/mol. The maximum Gasteiger partial charge on any atom is 0.253 e. The number of aromatic nitrogens is 3. The number of rotatable bonds is 7. The maximum absolute atomic E-state index is 13.5. The molecule has 2 aromatic heterocycles. The fourth-order valence-corrected chi connectivity index (χ4v) is 5.72. The van der Waals surface area contributed by atoms with Crippen LogP contribution in [-0.2, 0) is 18.2 Å². The van der Waals surface area contributed by atoms with Crippen molar-refractivity contribution in [3.05, 3.63) is 101 Å². The van der Waals surface area contributed by atoms with Gasteiger partial charge in [0.25, 0.3) is 5.91 Å². The van der Waals surface area contributed by atoms with Crippen molar-refractivity contribution in [2.45, 2.75) is 25.7 Å². The minimum absolute atomic E-state index is 0.00491. The van der Waals surface area contributed by atoms with Gasteiger partial charge in [-0.25, -0.2) is 4.98 Å². The zero-order valence-electron chi connectivity index (χ0n) is 23.6. The largest absolute Gasteiger partial charge is 0.378 e. The van der Waals surface area contributed by atoms with Gasteiger partial charge in [-0.2, -0.15) is 5.10 Å². The average Bonchev–Trinajstić information content (AvgIpc) is 3.68. The summed E-state index contributed by atoms with van der Waals surface area (Å²) < 4.78 is 7.21. The second-order valence-electron chi connectivity index (χ2n) is 11.0. The van der Waals surface area contributed by atoms with Gasteiger partial charge in [0.1, 0.15) is 5.82 Å². The third kappa shape index (κ3) is 5.93. The van der Waals surface area contributed by atoms with Crippen LogP contribution in [0, 0.1) is 6.92 Å². The molecule has 210 valence electrons. The van der Waals surface area contributed by atoms with Crippen molar-refractivity contribution in [2.75, 3.05) is 44.3 Å². The van der Waals surface area contributed by atoms with E-state index in [1.807, 2.05) is 61.6 Å². The van der Waals surface area contributed by atoms with E-state index in [4.69, 9.17) is 4.74 Å². The van der Waals surface area contributed by atoms with Crippen molar-refractivity contribution in [1.29, 1.82) is 0 Å². The molecule has 0 N–H and O–H groups in total. The van der Waals surface area contributed by atoms with Crippen molar-refractivity contribution in [3.8, 4) is 11.1 Å². The van der Waals surface area contributed by atoms with Crippen molar-refractivity contribution in [1.82, 2.24) is 19.7 Å². The van der Waals surface area contributed by atoms with Gasteiger partial charge in [0.2, 0.25) is 0 Å². The van der Waals surface area contributed by atoms with Gasteiger partial charge in [-0.3, -0.25) is 14.3 Å². The Balaban J connectivity index is 1.09. The van der Waals surface area contributed by atoms with Crippen LogP contribution in [-0.4, -0.2) is 70.7 Å². The number of anilines is 1. The fraction of sp³-hybridized carbons (Fsp3) is 0.333. The molecule has 4 aromatic rings. The summed E-state index contributed by atoms with van der Waals surface area (Å²) >= 11 is 0. The number of ketones is 1. The van der Waals surface area contributed by atoms with E-state index >= 15 is 0 Å². The zero-order valence-corrected chi connectivity index (χ0v) is 23.6. The number of Topliss-reactive ketones (excluding diaryl/α,β-unsaturated/α-hetero) is 1. The van der Waals surface area contributed by atoms with Gasteiger partial charge in [-0.05, 0) is 59.9 Å². The number of carbonyl (C=O) groups excluding carboxylic acids is 2. The predicted octanol–water partition coefficient (Wildman–Crippen LogP) is 4.68. The lowest BCUT2D eigenvalue weighted by Crippen LogP contribution is -2.36. The Hall–Kier alpha value is -4.30. The Kier molecular flexibility index (Phi) is 7.65. The van der Waals surface area contributed by atoms with E-state index < -0.39 is 0 Å². The maximum atomic E-state index is 13.5. The topological polar surface area (TPSA) is 80.6 Å². The number of benzene rings is 2. The number of aryl methyl sites for hydroxylation is 2. The molecule has 0 bridgehead atoms. The van der Waals surface area contributed by atoms with E-state index in [1.54, 1.807) is 10.9 Å². The van der Waals surface area contributed by atoms with Crippen LogP contribution in [0.3, 0.4) is 0 Å². The quantitative estimate of drug-likeness (QED) is 0.312. The first-order valence-corrected chi connectivity index (χ1v) is 14.2. The summed E-state index contributed by atoms with van der Waals surface area (Å²) in [5, 5.41) is 4.26. The molecule has 2 aliphatic heterocycles. The highest BCUT2D eigenvalue weighted by molar-refractivity contribution is 5.98. The summed E-state index contributed by atoms with van der Waals surface area (Å²) in [5.41, 5.74) is 6.56. The summed E-state index contributed by atoms with van der Waals surface area (Å²) in [7, 11) is 1.92. The highest BCUT2D eigenvalue weighted by Crippen LogP contribution is 2.30. The molecule has 2 aromatic carbocycles. The molecule has 8 heteroatoms. The second kappa shape index (κ2) is 11.7. The smallest absolute Gasteiger partial charge is 0.253 e. The number of amides is 1. The lowest BCUT2D eigenvalue weighted by Gasteiger charge is -2.27. The molecule has 0 saturated carbocycles. The summed E-state index contributed by atoms with van der Waals surface area (Å²) in [6.45, 7) is 6.37. The van der Waals surface area contributed by atoms with Crippen LogP contribution in [0.2, 0.25) is 0 Å². The van der Waals surface area contributed by atoms with E-state index in [1.165, 1.54) is 5.56 Å². The van der Waals surface area contributed by atoms with Gasteiger partial charge in [-0.1, -0.05) is 30.3 Å². The van der Waals surface area contributed by atoms with Gasteiger partial charge in [0.15, 0.2) is 5.78 Å². The number of ether oxygens (including phenoxy) is 1. The standard InChI is InChI=1S/C33H35N5O3/c1-23-3-4-26(17-29(23)18-31(39)27-9-10-32(34-19-27)37-13-15-41-16-14-37)33(40)38-12-11-28(22-38)24-5-7-25(8-6-24)30-20-35-36(2)21-30/h3-10,17,19-21,28H,11-16,18,22H2,1-2H3. The molecule has 0 radical (unpaired) electrons. The minimum atomic E-state index is -0.00491. The fourth-order valence-electron chi connectivity index (χ4n) is 5.72. The molecule has 2 saturated heterocycles. The molecule has 1 amide bonds.